The van der Waals surface area contributed by atoms with Crippen molar-refractivity contribution in [3.05, 3.63) is 62.6 Å². The van der Waals surface area contributed by atoms with Gasteiger partial charge in [0.25, 0.3) is 5.56 Å². The minimum Gasteiger partial charge on any atom is -0.463 e. The van der Waals surface area contributed by atoms with Gasteiger partial charge in [0.2, 0.25) is 0 Å². The number of nitrogens with one attached hydrogen (secondary N) is 2. The smallest absolute Gasteiger partial charge is 0.336 e. The Morgan fingerprint density at radius 1 is 1.24 bits per heavy atom. The second-order valence-corrected chi connectivity index (χ2v) is 8.09. The first-order valence-electron chi connectivity index (χ1n) is 9.95. The Balaban J connectivity index is 2.16. The quantitative estimate of drug-likeness (QED) is 0.304. The molecule has 0 radical (unpaired) electrons. The molecule has 0 saturated heterocycles. The molecule has 0 amide bonds. The molecule has 0 aliphatic carbocycles. The van der Waals surface area contributed by atoms with Crippen LogP contribution in [0.2, 0.25) is 0 Å². The summed E-state index contributed by atoms with van der Waals surface area (Å²) < 4.78 is 5.31. The number of benzene rings is 1. The molecular weight excluding hydrogens is 386 g/mol. The van der Waals surface area contributed by atoms with Gasteiger partial charge in [0.05, 0.1) is 23.7 Å². The average molecular weight is 414 g/mol. The minimum atomic E-state index is -0.530. The molecular formula is C22H27N3O3S. The molecule has 1 unspecified atom stereocenters. The molecule has 6 nitrogen and oxygen atoms in total. The number of fused-ring (bicyclic) bond motifs is 1. The number of esters is 1. The molecule has 2 N–H and O–H groups in total. The van der Waals surface area contributed by atoms with Crippen molar-refractivity contribution in [2.24, 2.45) is 0 Å². The van der Waals surface area contributed by atoms with E-state index < -0.39 is 11.9 Å². The maximum Gasteiger partial charge on any atom is 0.336 e. The lowest BCUT2D eigenvalue weighted by Crippen LogP contribution is -2.31. The van der Waals surface area contributed by atoms with E-state index in [4.69, 9.17) is 4.74 Å². The highest BCUT2D eigenvalue weighted by molar-refractivity contribution is 7.99. The van der Waals surface area contributed by atoms with Crippen LogP contribution in [0.15, 0.2) is 45.5 Å². The second-order valence-electron chi connectivity index (χ2n) is 7.01. The Hall–Kier alpha value is -2.54. The standard InChI is InChI=1S/C22H27N3O3S/c1-5-7-12-29-22-24-19-18(20(26)25-22)17(15-11-9-8-10-13(15)3)16(14(4)23-19)21(27)28-6-2/h8-11,17H,5-7,12H2,1-4H3,(H2,23,24,25,26). The van der Waals surface area contributed by atoms with Crippen LogP contribution >= 0.6 is 11.8 Å². The number of aromatic amines is 1. The summed E-state index contributed by atoms with van der Waals surface area (Å²) in [7, 11) is 0. The van der Waals surface area contributed by atoms with Crippen molar-refractivity contribution in [1.82, 2.24) is 9.97 Å². The van der Waals surface area contributed by atoms with E-state index in [0.717, 1.165) is 29.7 Å². The maximum atomic E-state index is 13.1. The number of thioether (sulfide) groups is 1. The fourth-order valence-electron chi connectivity index (χ4n) is 3.51. The fourth-order valence-corrected chi connectivity index (χ4v) is 4.46. The number of unbranched alkanes of at least 4 members (excludes halogenated alkanes) is 1. The lowest BCUT2D eigenvalue weighted by atomic mass is 9.80. The molecule has 1 atom stereocenters. The molecule has 2 aromatic rings. The number of carbonyl (C=O) groups is 1. The largest absolute Gasteiger partial charge is 0.463 e. The predicted octanol–water partition coefficient (Wildman–Crippen LogP) is 4.37. The zero-order valence-electron chi connectivity index (χ0n) is 17.3. The van der Waals surface area contributed by atoms with E-state index in [0.29, 0.717) is 27.8 Å². The zero-order valence-corrected chi connectivity index (χ0v) is 18.1. The van der Waals surface area contributed by atoms with E-state index >= 15 is 0 Å². The van der Waals surface area contributed by atoms with E-state index in [1.807, 2.05) is 38.1 Å². The summed E-state index contributed by atoms with van der Waals surface area (Å²) >= 11 is 1.53. The number of ether oxygens (including phenoxy) is 1. The lowest BCUT2D eigenvalue weighted by Gasteiger charge is -2.29. The summed E-state index contributed by atoms with van der Waals surface area (Å²) in [4.78, 5) is 33.5. The van der Waals surface area contributed by atoms with Crippen LogP contribution in [0.1, 0.15) is 56.2 Å². The average Bonchev–Trinajstić information content (AvgIpc) is 2.67. The number of aromatic nitrogens is 2. The van der Waals surface area contributed by atoms with Gasteiger partial charge in [-0.25, -0.2) is 9.78 Å². The third kappa shape index (κ3) is 4.40. The van der Waals surface area contributed by atoms with Gasteiger partial charge in [-0.15, -0.1) is 0 Å². The molecule has 0 fully saturated rings. The Labute approximate surface area is 175 Å². The van der Waals surface area contributed by atoms with Gasteiger partial charge in [-0.05, 0) is 38.3 Å². The van der Waals surface area contributed by atoms with Gasteiger partial charge in [-0.3, -0.25) is 4.79 Å². The van der Waals surface area contributed by atoms with Crippen LogP contribution < -0.4 is 10.9 Å². The summed E-state index contributed by atoms with van der Waals surface area (Å²) in [6.07, 6.45) is 2.14. The van der Waals surface area contributed by atoms with Gasteiger partial charge in [-0.2, -0.15) is 0 Å². The molecule has 7 heteroatoms. The van der Waals surface area contributed by atoms with Crippen molar-refractivity contribution in [2.45, 2.75) is 51.6 Å². The monoisotopic (exact) mass is 413 g/mol. The number of hydrogen-bond donors (Lipinski definition) is 2. The normalized spacial score (nSPS) is 15.7. The number of anilines is 1. The Bertz CT molecular complexity index is 997. The predicted molar refractivity (Wildman–Crippen MR) is 116 cm³/mol. The van der Waals surface area contributed by atoms with Crippen molar-refractivity contribution in [3.63, 3.8) is 0 Å². The molecule has 0 spiro atoms. The highest BCUT2D eigenvalue weighted by Crippen LogP contribution is 2.41. The minimum absolute atomic E-state index is 0.232. The molecule has 0 saturated carbocycles. The SMILES string of the molecule is CCCCSc1nc2c(c(=O)[nH]1)C(c1ccccc1C)C(C(=O)OCC)=C(C)N2. The molecule has 1 aromatic heterocycles. The molecule has 2 heterocycles. The highest BCUT2D eigenvalue weighted by Gasteiger charge is 2.36. The van der Waals surface area contributed by atoms with Crippen molar-refractivity contribution >= 4 is 23.5 Å². The van der Waals surface area contributed by atoms with E-state index in [1.54, 1.807) is 6.92 Å². The summed E-state index contributed by atoms with van der Waals surface area (Å²) in [5, 5.41) is 3.76. The summed E-state index contributed by atoms with van der Waals surface area (Å²) in [5.74, 6) is 0.448. The van der Waals surface area contributed by atoms with E-state index in [-0.39, 0.29) is 12.2 Å². The van der Waals surface area contributed by atoms with Gasteiger partial charge in [-0.1, -0.05) is 49.4 Å². The van der Waals surface area contributed by atoms with Crippen molar-refractivity contribution in [1.29, 1.82) is 0 Å². The molecule has 3 rings (SSSR count). The molecule has 1 aliphatic heterocycles. The molecule has 29 heavy (non-hydrogen) atoms. The highest BCUT2D eigenvalue weighted by atomic mass is 32.2. The lowest BCUT2D eigenvalue weighted by molar-refractivity contribution is -0.138. The van der Waals surface area contributed by atoms with Crippen molar-refractivity contribution in [2.75, 3.05) is 17.7 Å². The van der Waals surface area contributed by atoms with Gasteiger partial charge in [0, 0.05) is 11.4 Å². The number of H-pyrrole nitrogens is 1. The molecule has 154 valence electrons. The van der Waals surface area contributed by atoms with Crippen LogP contribution in [0.25, 0.3) is 0 Å². The number of rotatable bonds is 7. The van der Waals surface area contributed by atoms with Gasteiger partial charge < -0.3 is 15.0 Å². The van der Waals surface area contributed by atoms with Crippen LogP contribution in [0.4, 0.5) is 5.82 Å². The van der Waals surface area contributed by atoms with E-state index in [1.165, 1.54) is 11.8 Å². The van der Waals surface area contributed by atoms with Crippen molar-refractivity contribution < 1.29 is 9.53 Å². The number of hydrogen-bond acceptors (Lipinski definition) is 6. The number of allylic oxidation sites excluding steroid dienone is 1. The number of carbonyl (C=O) groups excluding carboxylic acids is 1. The van der Waals surface area contributed by atoms with Gasteiger partial charge >= 0.3 is 5.97 Å². The Morgan fingerprint density at radius 2 is 2.00 bits per heavy atom. The van der Waals surface area contributed by atoms with Crippen LogP contribution in [-0.2, 0) is 9.53 Å². The maximum absolute atomic E-state index is 13.1. The van der Waals surface area contributed by atoms with E-state index in [9.17, 15) is 9.59 Å². The molecule has 1 aliphatic rings. The van der Waals surface area contributed by atoms with Crippen LogP contribution in [-0.4, -0.2) is 28.3 Å². The third-order valence-electron chi connectivity index (χ3n) is 4.95. The first-order chi connectivity index (χ1) is 14.0. The summed E-state index contributed by atoms with van der Waals surface area (Å²) in [5.41, 5.74) is 3.23. The van der Waals surface area contributed by atoms with Gasteiger partial charge in [0.15, 0.2) is 5.16 Å². The fraction of sp³-hybridized carbons (Fsp3) is 0.409. The van der Waals surface area contributed by atoms with Crippen LogP contribution in [0, 0.1) is 6.92 Å². The topological polar surface area (TPSA) is 84.1 Å². The number of nitrogens with zero attached hydrogens (tertiary/aromatic N) is 1. The number of aryl methyl sites for hydroxylation is 1. The van der Waals surface area contributed by atoms with Crippen molar-refractivity contribution in [3.8, 4) is 0 Å². The van der Waals surface area contributed by atoms with Crippen LogP contribution in [0.5, 0.6) is 0 Å². The molecule has 0 bridgehead atoms. The first-order valence-corrected chi connectivity index (χ1v) is 10.9. The Morgan fingerprint density at radius 3 is 2.69 bits per heavy atom. The van der Waals surface area contributed by atoms with Gasteiger partial charge in [0.1, 0.15) is 5.82 Å². The zero-order chi connectivity index (χ0) is 21.0. The summed E-state index contributed by atoms with van der Waals surface area (Å²) in [6.45, 7) is 7.97. The summed E-state index contributed by atoms with van der Waals surface area (Å²) in [6, 6.07) is 7.78. The molecule has 1 aromatic carbocycles. The van der Waals surface area contributed by atoms with Crippen LogP contribution in [0.3, 0.4) is 0 Å². The Kier molecular flexibility index (Phi) is 6.79. The first kappa shape index (κ1) is 21.2. The van der Waals surface area contributed by atoms with E-state index in [2.05, 4.69) is 22.2 Å². The second kappa shape index (κ2) is 9.31. The third-order valence-corrected chi connectivity index (χ3v) is 5.91.